The standard InChI is InChI=1S/C16H15N3O2/c20-10-14-4-2-1-3-13(14)8-18-16(21)12-5-6-19-11-17-9-15(19)7-12/h1-7,9,11,20H,8,10H2,(H,18,21). The summed E-state index contributed by atoms with van der Waals surface area (Å²) in [5, 5.41) is 12.1. The molecule has 21 heavy (non-hydrogen) atoms. The van der Waals surface area contributed by atoms with Gasteiger partial charge in [0, 0.05) is 18.3 Å². The van der Waals surface area contributed by atoms with Crippen LogP contribution < -0.4 is 5.32 Å². The van der Waals surface area contributed by atoms with Crippen LogP contribution in [0.2, 0.25) is 0 Å². The first kappa shape index (κ1) is 13.3. The number of imidazole rings is 1. The van der Waals surface area contributed by atoms with E-state index in [0.717, 1.165) is 16.6 Å². The van der Waals surface area contributed by atoms with E-state index < -0.39 is 0 Å². The highest BCUT2D eigenvalue weighted by atomic mass is 16.3. The molecule has 1 aromatic carbocycles. The fourth-order valence-corrected chi connectivity index (χ4v) is 2.22. The zero-order chi connectivity index (χ0) is 14.7. The molecular formula is C16H15N3O2. The van der Waals surface area contributed by atoms with Gasteiger partial charge in [-0.1, -0.05) is 24.3 Å². The van der Waals surface area contributed by atoms with Crippen LogP contribution in [0.15, 0.2) is 55.1 Å². The van der Waals surface area contributed by atoms with Crippen LogP contribution in [-0.4, -0.2) is 20.4 Å². The Bertz CT molecular complexity index is 780. The summed E-state index contributed by atoms with van der Waals surface area (Å²) in [6, 6.07) is 11.0. The number of carbonyl (C=O) groups excluding carboxylic acids is 1. The highest BCUT2D eigenvalue weighted by Crippen LogP contribution is 2.10. The van der Waals surface area contributed by atoms with Crippen molar-refractivity contribution in [2.75, 3.05) is 0 Å². The first-order chi connectivity index (χ1) is 10.3. The average Bonchev–Trinajstić information content (AvgIpc) is 3.00. The first-order valence-electron chi connectivity index (χ1n) is 6.65. The van der Waals surface area contributed by atoms with Crippen molar-refractivity contribution in [1.29, 1.82) is 0 Å². The number of nitrogens with one attached hydrogen (secondary N) is 1. The molecule has 0 aliphatic carbocycles. The second-order valence-corrected chi connectivity index (χ2v) is 4.75. The number of aliphatic hydroxyl groups is 1. The Morgan fingerprint density at radius 3 is 2.86 bits per heavy atom. The van der Waals surface area contributed by atoms with Gasteiger partial charge in [0.15, 0.2) is 0 Å². The topological polar surface area (TPSA) is 66.6 Å². The van der Waals surface area contributed by atoms with E-state index >= 15 is 0 Å². The fraction of sp³-hybridized carbons (Fsp3) is 0.125. The second kappa shape index (κ2) is 5.76. The molecule has 0 bridgehead atoms. The summed E-state index contributed by atoms with van der Waals surface area (Å²) in [6.07, 6.45) is 5.20. The van der Waals surface area contributed by atoms with E-state index in [1.807, 2.05) is 28.7 Å². The minimum Gasteiger partial charge on any atom is -0.392 e. The zero-order valence-corrected chi connectivity index (χ0v) is 11.4. The molecule has 0 radical (unpaired) electrons. The van der Waals surface area contributed by atoms with Gasteiger partial charge in [-0.05, 0) is 23.3 Å². The maximum Gasteiger partial charge on any atom is 0.251 e. The van der Waals surface area contributed by atoms with Crippen molar-refractivity contribution in [3.05, 3.63) is 71.8 Å². The molecule has 2 N–H and O–H groups in total. The lowest BCUT2D eigenvalue weighted by atomic mass is 10.1. The third-order valence-corrected chi connectivity index (χ3v) is 3.40. The van der Waals surface area contributed by atoms with Gasteiger partial charge in [0.2, 0.25) is 0 Å². The van der Waals surface area contributed by atoms with Crippen LogP contribution in [0.25, 0.3) is 5.52 Å². The molecule has 0 atom stereocenters. The number of aliphatic hydroxyl groups excluding tert-OH is 1. The third-order valence-electron chi connectivity index (χ3n) is 3.40. The van der Waals surface area contributed by atoms with Crippen molar-refractivity contribution in [2.45, 2.75) is 13.2 Å². The number of nitrogens with zero attached hydrogens (tertiary/aromatic N) is 2. The van der Waals surface area contributed by atoms with E-state index in [-0.39, 0.29) is 12.5 Å². The molecular weight excluding hydrogens is 266 g/mol. The number of carbonyl (C=O) groups is 1. The number of benzene rings is 1. The van der Waals surface area contributed by atoms with Crippen molar-refractivity contribution < 1.29 is 9.90 Å². The quantitative estimate of drug-likeness (QED) is 0.765. The summed E-state index contributed by atoms with van der Waals surface area (Å²) in [4.78, 5) is 16.2. The molecule has 0 saturated carbocycles. The van der Waals surface area contributed by atoms with Crippen LogP contribution in [0.5, 0.6) is 0 Å². The first-order valence-corrected chi connectivity index (χ1v) is 6.65. The predicted molar refractivity (Wildman–Crippen MR) is 78.7 cm³/mol. The maximum absolute atomic E-state index is 12.2. The molecule has 0 aliphatic heterocycles. The molecule has 2 aromatic heterocycles. The van der Waals surface area contributed by atoms with Gasteiger partial charge in [0.25, 0.3) is 5.91 Å². The second-order valence-electron chi connectivity index (χ2n) is 4.75. The van der Waals surface area contributed by atoms with Gasteiger partial charge < -0.3 is 14.8 Å². The number of fused-ring (bicyclic) bond motifs is 1. The average molecular weight is 281 g/mol. The van der Waals surface area contributed by atoms with Gasteiger partial charge in [0.05, 0.1) is 24.6 Å². The summed E-state index contributed by atoms with van der Waals surface area (Å²) in [6.45, 7) is 0.355. The number of hydrogen-bond acceptors (Lipinski definition) is 3. The van der Waals surface area contributed by atoms with E-state index in [2.05, 4.69) is 10.3 Å². The monoisotopic (exact) mass is 281 g/mol. The predicted octanol–water partition coefficient (Wildman–Crippen LogP) is 1.76. The molecule has 3 rings (SSSR count). The van der Waals surface area contributed by atoms with Crippen molar-refractivity contribution in [1.82, 2.24) is 14.7 Å². The van der Waals surface area contributed by atoms with E-state index in [0.29, 0.717) is 12.1 Å². The molecule has 3 aromatic rings. The highest BCUT2D eigenvalue weighted by Gasteiger charge is 2.08. The zero-order valence-electron chi connectivity index (χ0n) is 11.4. The SMILES string of the molecule is O=C(NCc1ccccc1CO)c1ccn2cncc2c1. The number of aromatic nitrogens is 2. The summed E-state index contributed by atoms with van der Waals surface area (Å²) in [7, 11) is 0. The number of amides is 1. The van der Waals surface area contributed by atoms with Gasteiger partial charge >= 0.3 is 0 Å². The van der Waals surface area contributed by atoms with Crippen LogP contribution in [-0.2, 0) is 13.2 Å². The number of rotatable bonds is 4. The normalized spacial score (nSPS) is 10.7. The van der Waals surface area contributed by atoms with Crippen molar-refractivity contribution >= 4 is 11.4 Å². The van der Waals surface area contributed by atoms with Crippen molar-refractivity contribution in [2.24, 2.45) is 0 Å². The van der Waals surface area contributed by atoms with Gasteiger partial charge in [-0.2, -0.15) is 0 Å². The van der Waals surface area contributed by atoms with E-state index in [4.69, 9.17) is 0 Å². The molecule has 0 unspecified atom stereocenters. The summed E-state index contributed by atoms with van der Waals surface area (Å²) in [5.74, 6) is -0.147. The Hall–Kier alpha value is -2.66. The molecule has 2 heterocycles. The van der Waals surface area contributed by atoms with Crippen LogP contribution >= 0.6 is 0 Å². The largest absolute Gasteiger partial charge is 0.392 e. The summed E-state index contributed by atoms with van der Waals surface area (Å²) < 4.78 is 1.85. The van der Waals surface area contributed by atoms with Crippen LogP contribution in [0.3, 0.4) is 0 Å². The van der Waals surface area contributed by atoms with E-state index in [1.54, 1.807) is 30.9 Å². The van der Waals surface area contributed by atoms with E-state index in [9.17, 15) is 9.90 Å². The lowest BCUT2D eigenvalue weighted by Crippen LogP contribution is -2.23. The van der Waals surface area contributed by atoms with E-state index in [1.165, 1.54) is 0 Å². The molecule has 0 spiro atoms. The van der Waals surface area contributed by atoms with Gasteiger partial charge in [-0.25, -0.2) is 4.98 Å². The molecule has 5 nitrogen and oxygen atoms in total. The van der Waals surface area contributed by atoms with Crippen molar-refractivity contribution in [3.8, 4) is 0 Å². The Balaban J connectivity index is 1.74. The molecule has 1 amide bonds. The van der Waals surface area contributed by atoms with Crippen molar-refractivity contribution in [3.63, 3.8) is 0 Å². The maximum atomic E-state index is 12.2. The number of hydrogen-bond donors (Lipinski definition) is 2. The minimum atomic E-state index is -0.147. The van der Waals surface area contributed by atoms with Crippen LogP contribution in [0.4, 0.5) is 0 Å². The number of pyridine rings is 1. The smallest absolute Gasteiger partial charge is 0.251 e. The lowest BCUT2D eigenvalue weighted by molar-refractivity contribution is 0.0950. The van der Waals surface area contributed by atoms with Gasteiger partial charge in [-0.15, -0.1) is 0 Å². The Labute approximate surface area is 121 Å². The lowest BCUT2D eigenvalue weighted by Gasteiger charge is -2.09. The summed E-state index contributed by atoms with van der Waals surface area (Å²) in [5.41, 5.74) is 3.20. The molecule has 0 aliphatic rings. The summed E-state index contributed by atoms with van der Waals surface area (Å²) >= 11 is 0. The highest BCUT2D eigenvalue weighted by molar-refractivity contribution is 5.95. The molecule has 5 heteroatoms. The Morgan fingerprint density at radius 2 is 2.05 bits per heavy atom. The molecule has 0 fully saturated rings. The molecule has 106 valence electrons. The Kier molecular flexibility index (Phi) is 3.66. The third kappa shape index (κ3) is 2.78. The Morgan fingerprint density at radius 1 is 1.24 bits per heavy atom. The minimum absolute atomic E-state index is 0.0339. The van der Waals surface area contributed by atoms with Gasteiger partial charge in [0.1, 0.15) is 0 Å². The van der Waals surface area contributed by atoms with Crippen LogP contribution in [0, 0.1) is 0 Å². The molecule has 0 saturated heterocycles. The fourth-order valence-electron chi connectivity index (χ4n) is 2.22. The van der Waals surface area contributed by atoms with Crippen LogP contribution in [0.1, 0.15) is 21.5 Å². The van der Waals surface area contributed by atoms with Gasteiger partial charge in [-0.3, -0.25) is 4.79 Å².